The molecule has 0 radical (unpaired) electrons. The highest BCUT2D eigenvalue weighted by Gasteiger charge is 2.22. The Balaban J connectivity index is 1.76. The van der Waals surface area contributed by atoms with E-state index in [1.807, 2.05) is 25.1 Å². The van der Waals surface area contributed by atoms with Crippen LogP contribution in [0, 0.1) is 10.1 Å². The lowest BCUT2D eigenvalue weighted by atomic mass is 10.1. The van der Waals surface area contributed by atoms with Crippen LogP contribution in [-0.2, 0) is 4.74 Å². The molecule has 0 bridgehead atoms. The molecule has 0 aliphatic carbocycles. The molecule has 2 N–H and O–H groups in total. The minimum atomic E-state index is -0.487. The van der Waals surface area contributed by atoms with E-state index in [2.05, 4.69) is 15.6 Å². The highest BCUT2D eigenvalue weighted by Crippen LogP contribution is 2.29. The summed E-state index contributed by atoms with van der Waals surface area (Å²) >= 11 is 0. The molecule has 0 saturated carbocycles. The predicted molar refractivity (Wildman–Crippen MR) is 101 cm³/mol. The Morgan fingerprint density at radius 3 is 2.74 bits per heavy atom. The first-order valence-corrected chi connectivity index (χ1v) is 8.89. The molecule has 1 aliphatic rings. The third-order valence-corrected chi connectivity index (χ3v) is 4.52. The average molecular weight is 370 g/mol. The lowest BCUT2D eigenvalue weighted by molar-refractivity contribution is -0.384. The molecule has 2 aromatic rings. The van der Waals surface area contributed by atoms with Crippen molar-refractivity contribution >= 4 is 17.3 Å². The molecule has 1 fully saturated rings. The fourth-order valence-electron chi connectivity index (χ4n) is 3.00. The average Bonchev–Trinajstić information content (AvgIpc) is 2.69. The van der Waals surface area contributed by atoms with Gasteiger partial charge < -0.3 is 15.4 Å². The number of nitro benzene ring substituents is 1. The number of hydrogen-bond acceptors (Lipinski definition) is 6. The summed E-state index contributed by atoms with van der Waals surface area (Å²) in [6, 6.07) is 9.80. The summed E-state index contributed by atoms with van der Waals surface area (Å²) in [6.45, 7) is 3.09. The zero-order chi connectivity index (χ0) is 19.2. The molecule has 2 heterocycles. The van der Waals surface area contributed by atoms with Gasteiger partial charge in [0.05, 0.1) is 16.7 Å². The Morgan fingerprint density at radius 1 is 1.30 bits per heavy atom. The van der Waals surface area contributed by atoms with Crippen LogP contribution in [0.15, 0.2) is 42.6 Å². The maximum atomic E-state index is 12.4. The molecular weight excluding hydrogens is 348 g/mol. The molecule has 1 saturated heterocycles. The van der Waals surface area contributed by atoms with Gasteiger partial charge in [-0.25, -0.2) is 0 Å². The number of anilines is 1. The van der Waals surface area contributed by atoms with Crippen molar-refractivity contribution in [2.24, 2.45) is 0 Å². The Bertz CT molecular complexity index is 807. The summed E-state index contributed by atoms with van der Waals surface area (Å²) in [7, 11) is 0. The number of carbonyl (C=O) groups is 1. The number of benzene rings is 1. The van der Waals surface area contributed by atoms with Gasteiger partial charge in [-0.3, -0.25) is 19.9 Å². The third kappa shape index (κ3) is 4.79. The minimum Gasteiger partial charge on any atom is -0.381 e. The van der Waals surface area contributed by atoms with Crippen LogP contribution < -0.4 is 10.6 Å². The lowest BCUT2D eigenvalue weighted by Gasteiger charge is -2.23. The molecule has 1 amide bonds. The molecule has 0 spiro atoms. The normalized spacial score (nSPS) is 15.7. The molecule has 0 unspecified atom stereocenters. The molecule has 27 heavy (non-hydrogen) atoms. The molecule has 142 valence electrons. The first-order chi connectivity index (χ1) is 13.0. The minimum absolute atomic E-state index is 0.0345. The number of carbonyl (C=O) groups excluding carboxylic acids is 1. The fraction of sp³-hybridized carbons (Fsp3) is 0.368. The van der Waals surface area contributed by atoms with E-state index in [1.165, 1.54) is 6.07 Å². The van der Waals surface area contributed by atoms with Gasteiger partial charge in [0.1, 0.15) is 5.69 Å². The van der Waals surface area contributed by atoms with Crippen molar-refractivity contribution in [1.29, 1.82) is 0 Å². The maximum absolute atomic E-state index is 12.4. The second kappa shape index (κ2) is 8.59. The van der Waals surface area contributed by atoms with Crippen molar-refractivity contribution in [3.63, 3.8) is 0 Å². The molecule has 1 atom stereocenters. The van der Waals surface area contributed by atoms with Crippen molar-refractivity contribution in [3.8, 4) is 0 Å². The standard InChI is InChI=1S/C19H22N4O4/c1-13(16-4-2-3-9-20-16)21-17-6-5-14(12-18(17)23(25)26)19(24)22-15-7-10-27-11-8-15/h2-6,9,12-13,15,21H,7-8,10-11H2,1H3,(H,22,24)/t13-/m1/s1. The van der Waals surface area contributed by atoms with Crippen molar-refractivity contribution in [3.05, 3.63) is 64.0 Å². The van der Waals surface area contributed by atoms with Gasteiger partial charge in [-0.2, -0.15) is 0 Å². The molecule has 3 rings (SSSR count). The Labute approximate surface area is 157 Å². The number of nitrogens with one attached hydrogen (secondary N) is 2. The number of amides is 1. The van der Waals surface area contributed by atoms with Gasteiger partial charge >= 0.3 is 0 Å². The Morgan fingerprint density at radius 2 is 2.07 bits per heavy atom. The lowest BCUT2D eigenvalue weighted by Crippen LogP contribution is -2.38. The number of aromatic nitrogens is 1. The zero-order valence-corrected chi connectivity index (χ0v) is 15.1. The largest absolute Gasteiger partial charge is 0.381 e. The topological polar surface area (TPSA) is 106 Å². The highest BCUT2D eigenvalue weighted by atomic mass is 16.6. The Kier molecular flexibility index (Phi) is 5.97. The van der Waals surface area contributed by atoms with Crippen molar-refractivity contribution in [2.45, 2.75) is 31.8 Å². The van der Waals surface area contributed by atoms with Crippen LogP contribution in [0.25, 0.3) is 0 Å². The van der Waals surface area contributed by atoms with Gasteiger partial charge in [0.25, 0.3) is 11.6 Å². The van der Waals surface area contributed by atoms with Gasteiger partial charge in [-0.05, 0) is 44.0 Å². The van der Waals surface area contributed by atoms with Crippen LogP contribution in [0.2, 0.25) is 0 Å². The van der Waals surface area contributed by atoms with E-state index in [4.69, 9.17) is 4.74 Å². The SMILES string of the molecule is C[C@@H](Nc1ccc(C(=O)NC2CCOCC2)cc1[N+](=O)[O-])c1ccccn1. The maximum Gasteiger partial charge on any atom is 0.293 e. The van der Waals surface area contributed by atoms with E-state index in [0.29, 0.717) is 18.9 Å². The molecule has 1 aromatic heterocycles. The van der Waals surface area contributed by atoms with Crippen molar-refractivity contribution < 1.29 is 14.5 Å². The van der Waals surface area contributed by atoms with Crippen LogP contribution in [0.4, 0.5) is 11.4 Å². The first-order valence-electron chi connectivity index (χ1n) is 8.89. The predicted octanol–water partition coefficient (Wildman–Crippen LogP) is 3.07. The van der Waals surface area contributed by atoms with Gasteiger partial charge in [0, 0.05) is 37.1 Å². The van der Waals surface area contributed by atoms with Crippen LogP contribution in [0.5, 0.6) is 0 Å². The smallest absolute Gasteiger partial charge is 0.293 e. The number of rotatable bonds is 6. The third-order valence-electron chi connectivity index (χ3n) is 4.52. The second-order valence-electron chi connectivity index (χ2n) is 6.47. The summed E-state index contributed by atoms with van der Waals surface area (Å²) in [6.07, 6.45) is 3.16. The van der Waals surface area contributed by atoms with Crippen molar-refractivity contribution in [2.75, 3.05) is 18.5 Å². The van der Waals surface area contributed by atoms with E-state index in [0.717, 1.165) is 18.5 Å². The highest BCUT2D eigenvalue weighted by molar-refractivity contribution is 5.96. The van der Waals surface area contributed by atoms with Gasteiger partial charge in [0.15, 0.2) is 0 Å². The zero-order valence-electron chi connectivity index (χ0n) is 15.1. The van der Waals surface area contributed by atoms with E-state index >= 15 is 0 Å². The van der Waals surface area contributed by atoms with Gasteiger partial charge in [0.2, 0.25) is 0 Å². The number of nitro groups is 1. The monoisotopic (exact) mass is 370 g/mol. The Hall–Kier alpha value is -3.00. The van der Waals surface area contributed by atoms with Gasteiger partial charge in [-0.15, -0.1) is 0 Å². The summed E-state index contributed by atoms with van der Waals surface area (Å²) in [5, 5.41) is 17.5. The summed E-state index contributed by atoms with van der Waals surface area (Å²) in [5.74, 6) is -0.311. The first kappa shape index (κ1) is 18.8. The molecule has 1 aromatic carbocycles. The van der Waals surface area contributed by atoms with E-state index in [9.17, 15) is 14.9 Å². The van der Waals surface area contributed by atoms with Crippen LogP contribution in [-0.4, -0.2) is 35.1 Å². The number of nitrogens with zero attached hydrogens (tertiary/aromatic N) is 2. The van der Waals surface area contributed by atoms with Crippen LogP contribution >= 0.6 is 0 Å². The number of pyridine rings is 1. The molecule has 1 aliphatic heterocycles. The fourth-order valence-corrected chi connectivity index (χ4v) is 3.00. The molecule has 8 nitrogen and oxygen atoms in total. The second-order valence-corrected chi connectivity index (χ2v) is 6.47. The van der Waals surface area contributed by atoms with Gasteiger partial charge in [-0.1, -0.05) is 6.07 Å². The quantitative estimate of drug-likeness (QED) is 0.598. The molecule has 8 heteroatoms. The van der Waals surface area contributed by atoms with E-state index in [-0.39, 0.29) is 29.2 Å². The van der Waals surface area contributed by atoms with Crippen LogP contribution in [0.3, 0.4) is 0 Å². The summed E-state index contributed by atoms with van der Waals surface area (Å²) < 4.78 is 5.27. The summed E-state index contributed by atoms with van der Waals surface area (Å²) in [5.41, 5.74) is 1.25. The van der Waals surface area contributed by atoms with Crippen molar-refractivity contribution in [1.82, 2.24) is 10.3 Å². The summed E-state index contributed by atoms with van der Waals surface area (Å²) in [4.78, 5) is 27.7. The van der Waals surface area contributed by atoms with E-state index in [1.54, 1.807) is 18.3 Å². The number of hydrogen-bond donors (Lipinski definition) is 2. The van der Waals surface area contributed by atoms with E-state index < -0.39 is 4.92 Å². The molecular formula is C19H22N4O4. The number of ether oxygens (including phenoxy) is 1. The van der Waals surface area contributed by atoms with Crippen LogP contribution in [0.1, 0.15) is 41.9 Å².